The Kier molecular flexibility index (Phi) is 5.08. The zero-order chi connectivity index (χ0) is 30.7. The third-order valence-electron chi connectivity index (χ3n) is 10.5. The molecule has 46 heavy (non-hydrogen) atoms. The third-order valence-corrected chi connectivity index (χ3v) is 10.5. The molecule has 3 nitrogen and oxygen atoms in total. The number of anilines is 3. The monoisotopic (exact) mass is 590 g/mol. The standard InChI is InChI=1S/C42H31BN2O/c1-26-23-33-38-36(24-26)45-39-31(41-40(45)30-17-10-11-20-37(30)46-41)18-12-19-35(39)43(38)34-22-21-29(25-32(34)42(33,2)3)44(27-13-6-4-7-14-27)28-15-8-5-9-16-28/h4-25H,1-3H3. The molecule has 4 heteroatoms. The van der Waals surface area contributed by atoms with Gasteiger partial charge in [0.15, 0.2) is 5.58 Å². The summed E-state index contributed by atoms with van der Waals surface area (Å²) in [5.74, 6) is 0. The largest absolute Gasteiger partial charge is 0.454 e. The molecule has 0 fully saturated rings. The van der Waals surface area contributed by atoms with Gasteiger partial charge in [-0.15, -0.1) is 0 Å². The fourth-order valence-electron chi connectivity index (χ4n) is 8.50. The summed E-state index contributed by atoms with van der Waals surface area (Å²) in [5.41, 5.74) is 17.1. The van der Waals surface area contributed by atoms with E-state index < -0.39 is 0 Å². The predicted octanol–water partition coefficient (Wildman–Crippen LogP) is 8.78. The van der Waals surface area contributed by atoms with Crippen molar-refractivity contribution in [2.45, 2.75) is 26.2 Å². The average molecular weight is 591 g/mol. The maximum absolute atomic E-state index is 6.60. The minimum absolute atomic E-state index is 0.131. The van der Waals surface area contributed by atoms with E-state index >= 15 is 0 Å². The zero-order valence-corrected chi connectivity index (χ0v) is 26.1. The van der Waals surface area contributed by atoms with Gasteiger partial charge in [-0.1, -0.05) is 92.1 Å². The number of hydrogen-bond donors (Lipinski definition) is 0. The van der Waals surface area contributed by atoms with Crippen molar-refractivity contribution >= 4 is 73.1 Å². The number of fused-ring (bicyclic) bond motifs is 9. The number of benzene rings is 6. The van der Waals surface area contributed by atoms with Crippen LogP contribution in [-0.2, 0) is 5.41 Å². The molecular weight excluding hydrogens is 559 g/mol. The third kappa shape index (κ3) is 3.28. The predicted molar refractivity (Wildman–Crippen MR) is 193 cm³/mol. The van der Waals surface area contributed by atoms with E-state index in [4.69, 9.17) is 4.42 Å². The maximum atomic E-state index is 6.60. The molecule has 4 heterocycles. The Hall–Kier alpha value is -5.48. The quantitative estimate of drug-likeness (QED) is 0.192. The van der Waals surface area contributed by atoms with E-state index in [-0.39, 0.29) is 12.1 Å². The van der Waals surface area contributed by atoms with Crippen molar-refractivity contribution < 1.29 is 4.42 Å². The Morgan fingerprint density at radius 2 is 1.30 bits per heavy atom. The molecule has 0 aliphatic carbocycles. The highest BCUT2D eigenvalue weighted by Gasteiger charge is 2.45. The van der Waals surface area contributed by atoms with Gasteiger partial charge in [0.25, 0.3) is 0 Å². The van der Waals surface area contributed by atoms with E-state index in [2.05, 4.69) is 164 Å². The van der Waals surface area contributed by atoms with Crippen LogP contribution < -0.4 is 21.3 Å². The number of aryl methyl sites for hydroxylation is 1. The minimum atomic E-state index is -0.215. The lowest BCUT2D eigenvalue weighted by molar-refractivity contribution is 0.645. The zero-order valence-electron chi connectivity index (χ0n) is 26.1. The molecular formula is C42H31BN2O. The van der Waals surface area contributed by atoms with E-state index in [1.807, 2.05) is 0 Å². The summed E-state index contributed by atoms with van der Waals surface area (Å²) in [5, 5.41) is 2.34. The van der Waals surface area contributed by atoms with Crippen LogP contribution in [0.1, 0.15) is 30.5 Å². The van der Waals surface area contributed by atoms with Gasteiger partial charge in [-0.2, -0.15) is 0 Å². The lowest BCUT2D eigenvalue weighted by Gasteiger charge is -2.42. The van der Waals surface area contributed by atoms with E-state index in [1.165, 1.54) is 60.9 Å². The van der Waals surface area contributed by atoms with Gasteiger partial charge in [0.05, 0.1) is 5.52 Å². The van der Waals surface area contributed by atoms with Crippen molar-refractivity contribution in [3.8, 4) is 5.69 Å². The number of furan rings is 1. The van der Waals surface area contributed by atoms with Crippen molar-refractivity contribution in [2.24, 2.45) is 0 Å². The Bertz CT molecular complexity index is 2480. The van der Waals surface area contributed by atoms with E-state index in [9.17, 15) is 0 Å². The molecule has 0 saturated carbocycles. The molecule has 0 unspecified atom stereocenters. The fraction of sp³-hybridized carbons (Fsp3) is 0.0952. The molecule has 2 aliphatic heterocycles. The fourth-order valence-corrected chi connectivity index (χ4v) is 8.50. The number of aromatic nitrogens is 1. The lowest BCUT2D eigenvalue weighted by Crippen LogP contribution is -2.63. The normalized spacial score (nSPS) is 14.1. The molecule has 10 rings (SSSR count). The van der Waals surface area contributed by atoms with Crippen LogP contribution in [0, 0.1) is 6.92 Å². The summed E-state index contributed by atoms with van der Waals surface area (Å²) in [6.07, 6.45) is 0. The summed E-state index contributed by atoms with van der Waals surface area (Å²) >= 11 is 0. The van der Waals surface area contributed by atoms with Crippen LogP contribution in [0.3, 0.4) is 0 Å². The molecule has 0 atom stereocenters. The van der Waals surface area contributed by atoms with E-state index in [0.29, 0.717) is 0 Å². The van der Waals surface area contributed by atoms with Gasteiger partial charge in [0, 0.05) is 38.9 Å². The van der Waals surface area contributed by atoms with Gasteiger partial charge in [-0.05, 0) is 95.2 Å². The van der Waals surface area contributed by atoms with Crippen molar-refractivity contribution in [1.29, 1.82) is 0 Å². The number of nitrogens with zero attached hydrogens (tertiary/aromatic N) is 2. The Labute approximate surface area is 268 Å². The molecule has 0 amide bonds. The molecule has 0 radical (unpaired) electrons. The summed E-state index contributed by atoms with van der Waals surface area (Å²) in [4.78, 5) is 2.37. The number of rotatable bonds is 3. The SMILES string of the molecule is Cc1cc2c3c(c1)C(C)(C)c1cc(N(c4ccccc4)c4ccccc4)ccc1B3c1cccc3c4oc5ccccc5c4n-2c13. The first-order valence-corrected chi connectivity index (χ1v) is 16.2. The van der Waals surface area contributed by atoms with Gasteiger partial charge in [-0.3, -0.25) is 0 Å². The first-order chi connectivity index (χ1) is 22.5. The van der Waals surface area contributed by atoms with Gasteiger partial charge >= 0.3 is 0 Å². The number of hydrogen-bond acceptors (Lipinski definition) is 2. The summed E-state index contributed by atoms with van der Waals surface area (Å²) in [7, 11) is 0. The molecule has 6 aromatic carbocycles. The van der Waals surface area contributed by atoms with Crippen molar-refractivity contribution in [3.63, 3.8) is 0 Å². The van der Waals surface area contributed by atoms with Crippen LogP contribution in [0.4, 0.5) is 17.1 Å². The summed E-state index contributed by atoms with van der Waals surface area (Å²) in [6, 6.07) is 48.7. The molecule has 2 aliphatic rings. The van der Waals surface area contributed by atoms with Crippen LogP contribution in [0.5, 0.6) is 0 Å². The second-order valence-electron chi connectivity index (χ2n) is 13.4. The highest BCUT2D eigenvalue weighted by molar-refractivity contribution is 6.99. The van der Waals surface area contributed by atoms with E-state index in [1.54, 1.807) is 0 Å². The molecule has 0 spiro atoms. The Morgan fingerprint density at radius 1 is 0.609 bits per heavy atom. The molecule has 0 N–H and O–H groups in total. The molecule has 8 aromatic rings. The van der Waals surface area contributed by atoms with Crippen molar-refractivity contribution in [3.05, 3.63) is 150 Å². The average Bonchev–Trinajstić information content (AvgIpc) is 3.62. The topological polar surface area (TPSA) is 21.3 Å². The minimum Gasteiger partial charge on any atom is -0.454 e. The number of para-hydroxylation sites is 4. The van der Waals surface area contributed by atoms with Gasteiger partial charge in [0.1, 0.15) is 11.1 Å². The second-order valence-corrected chi connectivity index (χ2v) is 13.4. The molecule has 218 valence electrons. The molecule has 2 aromatic heterocycles. The second kappa shape index (κ2) is 9.05. The Balaban J connectivity index is 1.28. The summed E-state index contributed by atoms with van der Waals surface area (Å²) in [6.45, 7) is 7.19. The van der Waals surface area contributed by atoms with E-state index in [0.717, 1.165) is 27.9 Å². The van der Waals surface area contributed by atoms with Crippen LogP contribution in [0.25, 0.3) is 38.7 Å². The highest BCUT2D eigenvalue weighted by atomic mass is 16.3. The maximum Gasteiger partial charge on any atom is 0.247 e. The van der Waals surface area contributed by atoms with Crippen LogP contribution in [0.2, 0.25) is 0 Å². The van der Waals surface area contributed by atoms with Crippen molar-refractivity contribution in [1.82, 2.24) is 4.57 Å². The Morgan fingerprint density at radius 3 is 2.07 bits per heavy atom. The highest BCUT2D eigenvalue weighted by Crippen LogP contribution is 2.44. The first kappa shape index (κ1) is 25.8. The smallest absolute Gasteiger partial charge is 0.247 e. The summed E-state index contributed by atoms with van der Waals surface area (Å²) < 4.78 is 9.11. The molecule has 0 saturated heterocycles. The van der Waals surface area contributed by atoms with Crippen molar-refractivity contribution in [2.75, 3.05) is 4.90 Å². The molecule has 0 bridgehead atoms. The van der Waals surface area contributed by atoms with Crippen LogP contribution in [0.15, 0.2) is 138 Å². The van der Waals surface area contributed by atoms with Gasteiger partial charge < -0.3 is 13.9 Å². The van der Waals surface area contributed by atoms with Crippen LogP contribution in [-0.4, -0.2) is 11.3 Å². The van der Waals surface area contributed by atoms with Gasteiger partial charge in [0.2, 0.25) is 6.71 Å². The lowest BCUT2D eigenvalue weighted by atomic mass is 9.30. The van der Waals surface area contributed by atoms with Gasteiger partial charge in [-0.25, -0.2) is 0 Å². The first-order valence-electron chi connectivity index (χ1n) is 16.2. The van der Waals surface area contributed by atoms with Crippen LogP contribution >= 0.6 is 0 Å².